The van der Waals surface area contributed by atoms with Crippen LogP contribution in [0.25, 0.3) is 0 Å². The SMILES string of the molecule is O=C(NC1CCN(CCOc2ccc(Cl)cc2)CC1)[C@H]1C[C@H](O)CN1. The Balaban J connectivity index is 1.32. The number of halogens is 1. The van der Waals surface area contributed by atoms with Crippen molar-refractivity contribution in [3.8, 4) is 5.75 Å². The predicted octanol–water partition coefficient (Wildman–Crippen LogP) is 1.02. The maximum atomic E-state index is 12.2. The van der Waals surface area contributed by atoms with E-state index in [-0.39, 0.29) is 18.0 Å². The Bertz CT molecular complexity index is 561. The van der Waals surface area contributed by atoms with Gasteiger partial charge >= 0.3 is 0 Å². The summed E-state index contributed by atoms with van der Waals surface area (Å²) in [4.78, 5) is 14.5. The number of aliphatic hydroxyl groups is 1. The lowest BCUT2D eigenvalue weighted by molar-refractivity contribution is -0.124. The van der Waals surface area contributed by atoms with Crippen molar-refractivity contribution in [2.45, 2.75) is 37.5 Å². The Labute approximate surface area is 153 Å². The highest BCUT2D eigenvalue weighted by atomic mass is 35.5. The summed E-state index contributed by atoms with van der Waals surface area (Å²) in [5.74, 6) is 0.846. The zero-order valence-corrected chi connectivity index (χ0v) is 15.0. The number of aliphatic hydroxyl groups excluding tert-OH is 1. The first-order valence-corrected chi connectivity index (χ1v) is 9.30. The molecular weight excluding hydrogens is 342 g/mol. The van der Waals surface area contributed by atoms with Crippen LogP contribution in [0.2, 0.25) is 5.02 Å². The molecule has 0 saturated carbocycles. The highest BCUT2D eigenvalue weighted by Gasteiger charge is 2.30. The number of ether oxygens (including phenoxy) is 1. The van der Waals surface area contributed by atoms with Crippen molar-refractivity contribution >= 4 is 17.5 Å². The zero-order valence-electron chi connectivity index (χ0n) is 14.3. The number of carbonyl (C=O) groups excluding carboxylic acids is 1. The number of rotatable bonds is 6. The number of hydrogen-bond donors (Lipinski definition) is 3. The Morgan fingerprint density at radius 3 is 2.68 bits per heavy atom. The largest absolute Gasteiger partial charge is 0.492 e. The monoisotopic (exact) mass is 367 g/mol. The molecule has 0 spiro atoms. The van der Waals surface area contributed by atoms with Gasteiger partial charge in [-0.05, 0) is 43.5 Å². The van der Waals surface area contributed by atoms with E-state index in [0.29, 0.717) is 24.6 Å². The molecule has 25 heavy (non-hydrogen) atoms. The van der Waals surface area contributed by atoms with Crippen molar-refractivity contribution in [3.63, 3.8) is 0 Å². The molecule has 2 atom stereocenters. The van der Waals surface area contributed by atoms with E-state index in [2.05, 4.69) is 15.5 Å². The van der Waals surface area contributed by atoms with Gasteiger partial charge in [-0.15, -0.1) is 0 Å². The van der Waals surface area contributed by atoms with Gasteiger partial charge in [0.25, 0.3) is 0 Å². The van der Waals surface area contributed by atoms with Crippen LogP contribution >= 0.6 is 11.6 Å². The number of hydrogen-bond acceptors (Lipinski definition) is 5. The quantitative estimate of drug-likeness (QED) is 0.700. The van der Waals surface area contributed by atoms with Crippen LogP contribution in [0.15, 0.2) is 24.3 Å². The molecule has 0 unspecified atom stereocenters. The van der Waals surface area contributed by atoms with E-state index in [9.17, 15) is 9.90 Å². The second-order valence-corrected chi connectivity index (χ2v) is 7.21. The minimum atomic E-state index is -0.404. The Morgan fingerprint density at radius 1 is 1.32 bits per heavy atom. The summed E-state index contributed by atoms with van der Waals surface area (Å²) in [6.45, 7) is 3.93. The molecule has 0 aromatic heterocycles. The molecule has 2 fully saturated rings. The van der Waals surface area contributed by atoms with Crippen LogP contribution < -0.4 is 15.4 Å². The van der Waals surface area contributed by atoms with Crippen LogP contribution in [-0.4, -0.2) is 66.9 Å². The van der Waals surface area contributed by atoms with Crippen LogP contribution in [0.5, 0.6) is 5.75 Å². The van der Waals surface area contributed by atoms with Gasteiger partial charge < -0.3 is 20.5 Å². The van der Waals surface area contributed by atoms with Gasteiger partial charge in [0.2, 0.25) is 5.91 Å². The molecule has 0 radical (unpaired) electrons. The van der Waals surface area contributed by atoms with Crippen molar-refractivity contribution in [2.24, 2.45) is 0 Å². The molecule has 3 N–H and O–H groups in total. The molecule has 7 heteroatoms. The fraction of sp³-hybridized carbons (Fsp3) is 0.611. The number of piperidine rings is 1. The van der Waals surface area contributed by atoms with Crippen LogP contribution in [-0.2, 0) is 4.79 Å². The highest BCUT2D eigenvalue weighted by molar-refractivity contribution is 6.30. The maximum Gasteiger partial charge on any atom is 0.237 e. The number of benzene rings is 1. The molecular formula is C18H26ClN3O3. The molecule has 2 heterocycles. The number of amides is 1. The summed E-state index contributed by atoms with van der Waals surface area (Å²) in [5, 5.41) is 16.4. The van der Waals surface area contributed by atoms with Gasteiger partial charge in [-0.25, -0.2) is 0 Å². The Kier molecular flexibility index (Phi) is 6.53. The molecule has 0 bridgehead atoms. The van der Waals surface area contributed by atoms with Gasteiger partial charge in [0.15, 0.2) is 0 Å². The third-order valence-electron chi connectivity index (χ3n) is 4.85. The number of nitrogens with one attached hydrogen (secondary N) is 2. The van der Waals surface area contributed by atoms with Gasteiger partial charge in [0, 0.05) is 37.2 Å². The van der Waals surface area contributed by atoms with Crippen molar-refractivity contribution in [3.05, 3.63) is 29.3 Å². The van der Waals surface area contributed by atoms with Gasteiger partial charge in [-0.2, -0.15) is 0 Å². The van der Waals surface area contributed by atoms with Crippen LogP contribution in [0, 0.1) is 0 Å². The molecule has 6 nitrogen and oxygen atoms in total. The number of carbonyl (C=O) groups is 1. The summed E-state index contributed by atoms with van der Waals surface area (Å²) in [6.07, 6.45) is 2.00. The molecule has 3 rings (SSSR count). The molecule has 1 aromatic rings. The van der Waals surface area contributed by atoms with Crippen LogP contribution in [0.1, 0.15) is 19.3 Å². The normalized spacial score (nSPS) is 25.0. The predicted molar refractivity (Wildman–Crippen MR) is 97.0 cm³/mol. The summed E-state index contributed by atoms with van der Waals surface area (Å²) >= 11 is 5.86. The summed E-state index contributed by atoms with van der Waals surface area (Å²) < 4.78 is 5.73. The average Bonchev–Trinajstić information content (AvgIpc) is 3.05. The third kappa shape index (κ3) is 5.57. The first kappa shape index (κ1) is 18.5. The topological polar surface area (TPSA) is 73.8 Å². The lowest BCUT2D eigenvalue weighted by Crippen LogP contribution is -2.49. The molecule has 1 aromatic carbocycles. The first-order chi connectivity index (χ1) is 12.1. The van der Waals surface area contributed by atoms with Crippen molar-refractivity contribution in [2.75, 3.05) is 32.8 Å². The Morgan fingerprint density at radius 2 is 2.04 bits per heavy atom. The molecule has 1 amide bonds. The standard InChI is InChI=1S/C18H26ClN3O3/c19-13-1-3-16(4-2-13)25-10-9-22-7-5-14(6-8-22)21-18(24)17-11-15(23)12-20-17/h1-4,14-15,17,20,23H,5-12H2,(H,21,24)/t15-,17+/m0/s1. The van der Waals surface area contributed by atoms with E-state index in [1.165, 1.54) is 0 Å². The smallest absolute Gasteiger partial charge is 0.237 e. The fourth-order valence-corrected chi connectivity index (χ4v) is 3.47. The van der Waals surface area contributed by atoms with E-state index < -0.39 is 6.10 Å². The molecule has 0 aliphatic carbocycles. The zero-order chi connectivity index (χ0) is 17.6. The third-order valence-corrected chi connectivity index (χ3v) is 5.10. The van der Waals surface area contributed by atoms with Crippen molar-refractivity contribution < 1.29 is 14.6 Å². The number of β-amino-alcohol motifs (C(OH)–C–C–N with tert-alkyl or cyclic N) is 1. The molecule has 2 aliphatic heterocycles. The molecule has 2 saturated heterocycles. The second kappa shape index (κ2) is 8.85. The molecule has 138 valence electrons. The van der Waals surface area contributed by atoms with E-state index in [1.807, 2.05) is 24.3 Å². The van der Waals surface area contributed by atoms with Gasteiger partial charge in [0.1, 0.15) is 12.4 Å². The van der Waals surface area contributed by atoms with Gasteiger partial charge in [0.05, 0.1) is 12.1 Å². The Hall–Kier alpha value is -1.34. The van der Waals surface area contributed by atoms with E-state index in [4.69, 9.17) is 16.3 Å². The van der Waals surface area contributed by atoms with Crippen molar-refractivity contribution in [1.82, 2.24) is 15.5 Å². The van der Waals surface area contributed by atoms with E-state index in [1.54, 1.807) is 0 Å². The van der Waals surface area contributed by atoms with E-state index >= 15 is 0 Å². The second-order valence-electron chi connectivity index (χ2n) is 6.78. The molecule has 2 aliphatic rings. The van der Waals surface area contributed by atoms with E-state index in [0.717, 1.165) is 38.2 Å². The highest BCUT2D eigenvalue weighted by Crippen LogP contribution is 2.16. The lowest BCUT2D eigenvalue weighted by atomic mass is 10.0. The maximum absolute atomic E-state index is 12.2. The average molecular weight is 368 g/mol. The lowest BCUT2D eigenvalue weighted by Gasteiger charge is -2.32. The van der Waals surface area contributed by atoms with Gasteiger partial charge in [-0.3, -0.25) is 9.69 Å². The first-order valence-electron chi connectivity index (χ1n) is 8.92. The van der Waals surface area contributed by atoms with Crippen molar-refractivity contribution in [1.29, 1.82) is 0 Å². The summed E-state index contributed by atoms with van der Waals surface area (Å²) in [6, 6.07) is 7.36. The summed E-state index contributed by atoms with van der Waals surface area (Å²) in [5.41, 5.74) is 0. The van der Waals surface area contributed by atoms with Crippen LogP contribution in [0.4, 0.5) is 0 Å². The fourth-order valence-electron chi connectivity index (χ4n) is 3.34. The minimum Gasteiger partial charge on any atom is -0.492 e. The number of nitrogens with zero attached hydrogens (tertiary/aromatic N) is 1. The summed E-state index contributed by atoms with van der Waals surface area (Å²) in [7, 11) is 0. The van der Waals surface area contributed by atoms with Crippen LogP contribution in [0.3, 0.4) is 0 Å². The van der Waals surface area contributed by atoms with Gasteiger partial charge in [-0.1, -0.05) is 11.6 Å². The number of likely N-dealkylation sites (tertiary alicyclic amines) is 1. The minimum absolute atomic E-state index is 0.0149.